The molecule has 1 aliphatic heterocycles. The minimum Gasteiger partial charge on any atom is -0.361 e. The van der Waals surface area contributed by atoms with Gasteiger partial charge in [-0.3, -0.25) is 9.64 Å². The molecule has 7 heteroatoms. The quantitative estimate of drug-likeness (QED) is 0.709. The number of nitriles is 1. The van der Waals surface area contributed by atoms with Gasteiger partial charge in [-0.1, -0.05) is 0 Å². The molecule has 0 radical (unpaired) electrons. The minimum atomic E-state index is -4.58. The van der Waals surface area contributed by atoms with Gasteiger partial charge in [0.25, 0.3) is 0 Å². The number of nitrogens with zero attached hydrogens (tertiary/aromatic N) is 2. The van der Waals surface area contributed by atoms with E-state index in [4.69, 9.17) is 10.00 Å². The van der Waals surface area contributed by atoms with E-state index in [0.29, 0.717) is 19.7 Å². The smallest absolute Gasteiger partial charge is 0.361 e. The highest BCUT2D eigenvalue weighted by Gasteiger charge is 2.29. The maximum atomic E-state index is 11.6. The molecule has 1 unspecified atom stereocenters. The first-order chi connectivity index (χ1) is 7.01. The number of alkyl halides is 3. The summed E-state index contributed by atoms with van der Waals surface area (Å²) in [5, 5.41) is 8.55. The Hall–Kier alpha value is -0.840. The molecule has 0 saturated carbocycles. The lowest BCUT2D eigenvalue weighted by molar-refractivity contribution is -0.325. The van der Waals surface area contributed by atoms with Crippen molar-refractivity contribution in [2.24, 2.45) is 0 Å². The van der Waals surface area contributed by atoms with Crippen LogP contribution < -0.4 is 0 Å². The van der Waals surface area contributed by atoms with Crippen molar-refractivity contribution in [2.45, 2.75) is 12.5 Å². The lowest BCUT2D eigenvalue weighted by Gasteiger charge is -2.29. The fraction of sp³-hybridized carbons (Fsp3) is 0.875. The van der Waals surface area contributed by atoms with Crippen molar-refractivity contribution in [3.8, 4) is 6.07 Å². The van der Waals surface area contributed by atoms with Crippen molar-refractivity contribution in [3.63, 3.8) is 0 Å². The Bertz CT molecular complexity index is 239. The van der Waals surface area contributed by atoms with Crippen LogP contribution in [0.25, 0.3) is 0 Å². The van der Waals surface area contributed by atoms with Crippen LogP contribution in [0.3, 0.4) is 0 Å². The summed E-state index contributed by atoms with van der Waals surface area (Å²) < 4.78 is 43.6. The molecule has 0 aromatic rings. The first-order valence-electron chi connectivity index (χ1n) is 4.45. The summed E-state index contributed by atoms with van der Waals surface area (Å²) >= 11 is 0. The number of morpholine rings is 1. The molecule has 15 heavy (non-hydrogen) atoms. The summed E-state index contributed by atoms with van der Waals surface area (Å²) in [6, 6.07) is 1.91. The van der Waals surface area contributed by atoms with Gasteiger partial charge in [-0.2, -0.15) is 5.26 Å². The summed E-state index contributed by atoms with van der Waals surface area (Å²) in [7, 11) is 0. The van der Waals surface area contributed by atoms with Gasteiger partial charge in [-0.15, -0.1) is 13.2 Å². The van der Waals surface area contributed by atoms with E-state index >= 15 is 0 Å². The summed E-state index contributed by atoms with van der Waals surface area (Å²) in [6.45, 7) is 0.962. The maximum Gasteiger partial charge on any atom is 0.522 e. The standard InChI is InChI=1S/C8H11F3N2O2/c9-8(10,11)15-4-2-13-1-3-14-7(5-12)6-13/h7H,1-4,6H2. The zero-order valence-corrected chi connectivity index (χ0v) is 7.96. The van der Waals surface area contributed by atoms with Gasteiger partial charge < -0.3 is 4.74 Å². The fourth-order valence-electron chi connectivity index (χ4n) is 1.27. The van der Waals surface area contributed by atoms with E-state index in [9.17, 15) is 13.2 Å². The third-order valence-electron chi connectivity index (χ3n) is 1.97. The summed E-state index contributed by atoms with van der Waals surface area (Å²) in [5.41, 5.74) is 0. The Morgan fingerprint density at radius 2 is 2.27 bits per heavy atom. The van der Waals surface area contributed by atoms with Crippen molar-refractivity contribution in [1.29, 1.82) is 5.26 Å². The first kappa shape index (κ1) is 12.2. The number of hydrogen-bond acceptors (Lipinski definition) is 4. The van der Waals surface area contributed by atoms with Crippen molar-refractivity contribution in [2.75, 3.05) is 32.8 Å². The SMILES string of the molecule is N#CC1CN(CCOC(F)(F)F)CCO1. The van der Waals surface area contributed by atoms with Crippen molar-refractivity contribution in [3.05, 3.63) is 0 Å². The highest BCUT2D eigenvalue weighted by molar-refractivity contribution is 4.89. The normalized spacial score (nSPS) is 23.7. The zero-order valence-electron chi connectivity index (χ0n) is 7.96. The largest absolute Gasteiger partial charge is 0.522 e. The molecule has 0 bridgehead atoms. The van der Waals surface area contributed by atoms with Gasteiger partial charge in [-0.25, -0.2) is 0 Å². The second-order valence-electron chi connectivity index (χ2n) is 3.08. The molecule has 1 atom stereocenters. The molecular formula is C8H11F3N2O2. The van der Waals surface area contributed by atoms with Gasteiger partial charge in [0.05, 0.1) is 19.3 Å². The number of halogens is 3. The van der Waals surface area contributed by atoms with Crippen LogP contribution in [0.1, 0.15) is 0 Å². The van der Waals surface area contributed by atoms with Gasteiger partial charge in [-0.05, 0) is 0 Å². The molecule has 1 rings (SSSR count). The Kier molecular flexibility index (Phi) is 4.32. The van der Waals surface area contributed by atoms with E-state index in [0.717, 1.165) is 0 Å². The summed E-state index contributed by atoms with van der Waals surface area (Å²) in [6.07, 6.45) is -5.13. The van der Waals surface area contributed by atoms with Crippen molar-refractivity contribution < 1.29 is 22.6 Å². The topological polar surface area (TPSA) is 45.5 Å². The second kappa shape index (κ2) is 5.30. The monoisotopic (exact) mass is 224 g/mol. The van der Waals surface area contributed by atoms with E-state index in [1.807, 2.05) is 6.07 Å². The van der Waals surface area contributed by atoms with Gasteiger partial charge in [0.15, 0.2) is 6.10 Å². The Labute approximate surface area is 85.2 Å². The van der Waals surface area contributed by atoms with E-state index < -0.39 is 19.1 Å². The predicted octanol–water partition coefficient (Wildman–Crippen LogP) is 0.747. The molecule has 0 aromatic carbocycles. The predicted molar refractivity (Wildman–Crippen MR) is 43.8 cm³/mol. The van der Waals surface area contributed by atoms with Crippen LogP contribution in [0.2, 0.25) is 0 Å². The Morgan fingerprint density at radius 3 is 2.87 bits per heavy atom. The fourth-order valence-corrected chi connectivity index (χ4v) is 1.27. The molecule has 1 heterocycles. The average Bonchev–Trinajstić information content (AvgIpc) is 2.16. The van der Waals surface area contributed by atoms with E-state index in [-0.39, 0.29) is 6.54 Å². The van der Waals surface area contributed by atoms with Gasteiger partial charge >= 0.3 is 6.36 Å². The lowest BCUT2D eigenvalue weighted by Crippen LogP contribution is -2.43. The van der Waals surface area contributed by atoms with Crippen LogP contribution in [0, 0.1) is 11.3 Å². The molecule has 4 nitrogen and oxygen atoms in total. The van der Waals surface area contributed by atoms with Crippen LogP contribution in [0.4, 0.5) is 13.2 Å². The van der Waals surface area contributed by atoms with Gasteiger partial charge in [0.2, 0.25) is 0 Å². The summed E-state index contributed by atoms with van der Waals surface area (Å²) in [4.78, 5) is 1.71. The van der Waals surface area contributed by atoms with Gasteiger partial charge in [0, 0.05) is 19.6 Å². The molecule has 0 aromatic heterocycles. The van der Waals surface area contributed by atoms with Gasteiger partial charge in [0.1, 0.15) is 0 Å². The second-order valence-corrected chi connectivity index (χ2v) is 3.08. The van der Waals surface area contributed by atoms with Crippen LogP contribution in [-0.4, -0.2) is 50.2 Å². The molecule has 0 aliphatic carbocycles. The third kappa shape index (κ3) is 4.97. The van der Waals surface area contributed by atoms with E-state index in [1.165, 1.54) is 0 Å². The van der Waals surface area contributed by atoms with Crippen molar-refractivity contribution in [1.82, 2.24) is 4.90 Å². The van der Waals surface area contributed by atoms with Crippen LogP contribution >= 0.6 is 0 Å². The molecule has 0 amide bonds. The Balaban J connectivity index is 2.19. The molecule has 1 fully saturated rings. The molecule has 0 spiro atoms. The average molecular weight is 224 g/mol. The molecule has 86 valence electrons. The lowest BCUT2D eigenvalue weighted by atomic mass is 10.3. The van der Waals surface area contributed by atoms with Crippen LogP contribution in [0.15, 0.2) is 0 Å². The minimum absolute atomic E-state index is 0.154. The van der Waals surface area contributed by atoms with Crippen molar-refractivity contribution >= 4 is 0 Å². The molecule has 1 saturated heterocycles. The maximum absolute atomic E-state index is 11.6. The third-order valence-corrected chi connectivity index (χ3v) is 1.97. The highest BCUT2D eigenvalue weighted by Crippen LogP contribution is 2.15. The van der Waals surface area contributed by atoms with E-state index in [1.54, 1.807) is 4.90 Å². The molecule has 1 aliphatic rings. The number of rotatable bonds is 3. The van der Waals surface area contributed by atoms with Crippen LogP contribution in [-0.2, 0) is 9.47 Å². The number of hydrogen-bond donors (Lipinski definition) is 0. The first-order valence-corrected chi connectivity index (χ1v) is 4.45. The Morgan fingerprint density at radius 1 is 1.53 bits per heavy atom. The highest BCUT2D eigenvalue weighted by atomic mass is 19.4. The van der Waals surface area contributed by atoms with Crippen LogP contribution in [0.5, 0.6) is 0 Å². The van der Waals surface area contributed by atoms with E-state index in [2.05, 4.69) is 4.74 Å². The molecule has 0 N–H and O–H groups in total. The number of ether oxygens (including phenoxy) is 2. The summed E-state index contributed by atoms with van der Waals surface area (Å²) in [5.74, 6) is 0. The zero-order chi connectivity index (χ0) is 11.3. The molecular weight excluding hydrogens is 213 g/mol.